The molecule has 0 aliphatic rings. The van der Waals surface area contributed by atoms with E-state index >= 15 is 0 Å². The maximum Gasteiger partial charge on any atom is 0.213 e. The van der Waals surface area contributed by atoms with Crippen molar-refractivity contribution in [2.45, 2.75) is 33.1 Å². The van der Waals surface area contributed by atoms with Gasteiger partial charge < -0.3 is 11.1 Å². The van der Waals surface area contributed by atoms with Gasteiger partial charge in [-0.2, -0.15) is 0 Å². The fraction of sp³-hybridized carbons (Fsp3) is 0.909. The Balaban J connectivity index is 3.81. The maximum atomic E-state index is 11.5. The normalized spacial score (nSPS) is 13.0. The number of aliphatic imine (C=N–C) groups is 1. The number of rotatable bonds is 9. The molecule has 0 unspecified atom stereocenters. The van der Waals surface area contributed by atoms with Gasteiger partial charge in [-0.25, -0.2) is 12.7 Å². The van der Waals surface area contributed by atoms with Crippen molar-refractivity contribution in [3.8, 4) is 0 Å². The van der Waals surface area contributed by atoms with Gasteiger partial charge in [0.05, 0.1) is 5.75 Å². The fourth-order valence-electron chi connectivity index (χ4n) is 1.30. The molecule has 3 N–H and O–H groups in total. The van der Waals surface area contributed by atoms with Crippen LogP contribution in [0.2, 0.25) is 0 Å². The van der Waals surface area contributed by atoms with Crippen LogP contribution in [0, 0.1) is 0 Å². The summed E-state index contributed by atoms with van der Waals surface area (Å²) in [4.78, 5) is 4.14. The first-order chi connectivity index (χ1) is 8.44. The maximum absolute atomic E-state index is 11.5. The Labute approximate surface area is 111 Å². The predicted octanol–water partition coefficient (Wildman–Crippen LogP) is 0.362. The minimum atomic E-state index is -3.08. The van der Waals surface area contributed by atoms with Crippen molar-refractivity contribution in [2.24, 2.45) is 10.7 Å². The molecule has 18 heavy (non-hydrogen) atoms. The largest absolute Gasteiger partial charge is 0.370 e. The van der Waals surface area contributed by atoms with Crippen molar-refractivity contribution < 1.29 is 8.42 Å². The minimum Gasteiger partial charge on any atom is -0.370 e. The van der Waals surface area contributed by atoms with E-state index in [1.165, 1.54) is 4.31 Å². The van der Waals surface area contributed by atoms with Gasteiger partial charge in [-0.05, 0) is 19.8 Å². The lowest BCUT2D eigenvalue weighted by atomic mass is 10.3. The van der Waals surface area contributed by atoms with Crippen LogP contribution < -0.4 is 11.1 Å². The van der Waals surface area contributed by atoms with Crippen LogP contribution in [0.3, 0.4) is 0 Å². The smallest absolute Gasteiger partial charge is 0.213 e. The zero-order valence-corrected chi connectivity index (χ0v) is 12.5. The molecular formula is C11H26N4O2S. The van der Waals surface area contributed by atoms with Crippen LogP contribution in [-0.4, -0.2) is 51.1 Å². The first-order valence-electron chi connectivity index (χ1n) is 6.41. The van der Waals surface area contributed by atoms with Gasteiger partial charge in [-0.15, -0.1) is 0 Å². The second-order valence-corrected chi connectivity index (χ2v) is 6.49. The molecule has 0 rings (SSSR count). The van der Waals surface area contributed by atoms with Gasteiger partial charge in [-0.1, -0.05) is 13.3 Å². The van der Waals surface area contributed by atoms with E-state index in [1.54, 1.807) is 14.0 Å². The number of sulfonamides is 1. The van der Waals surface area contributed by atoms with Crippen molar-refractivity contribution in [1.29, 1.82) is 0 Å². The molecule has 7 heteroatoms. The molecule has 0 bridgehead atoms. The van der Waals surface area contributed by atoms with Crippen LogP contribution in [0.15, 0.2) is 4.99 Å². The quantitative estimate of drug-likeness (QED) is 0.362. The number of nitrogens with one attached hydrogen (secondary N) is 1. The molecule has 0 radical (unpaired) electrons. The molecule has 0 spiro atoms. The average Bonchev–Trinajstić information content (AvgIpc) is 2.34. The molecule has 0 aliphatic carbocycles. The van der Waals surface area contributed by atoms with Gasteiger partial charge >= 0.3 is 0 Å². The van der Waals surface area contributed by atoms with E-state index in [0.29, 0.717) is 25.5 Å². The van der Waals surface area contributed by atoms with E-state index < -0.39 is 10.0 Å². The number of nitrogens with zero attached hydrogens (tertiary/aromatic N) is 2. The van der Waals surface area contributed by atoms with Crippen LogP contribution in [-0.2, 0) is 10.0 Å². The Morgan fingerprint density at radius 1 is 1.33 bits per heavy atom. The summed E-state index contributed by atoms with van der Waals surface area (Å²) in [7, 11) is -1.49. The van der Waals surface area contributed by atoms with E-state index in [1.807, 2.05) is 0 Å². The summed E-state index contributed by atoms with van der Waals surface area (Å²) < 4.78 is 24.3. The summed E-state index contributed by atoms with van der Waals surface area (Å²) in [5.74, 6) is 0.567. The molecular weight excluding hydrogens is 252 g/mol. The van der Waals surface area contributed by atoms with Crippen LogP contribution in [0.25, 0.3) is 0 Å². The van der Waals surface area contributed by atoms with Crippen LogP contribution in [0.4, 0.5) is 0 Å². The lowest BCUT2D eigenvalue weighted by Crippen LogP contribution is -2.33. The van der Waals surface area contributed by atoms with Crippen LogP contribution in [0.5, 0.6) is 0 Å². The van der Waals surface area contributed by atoms with E-state index in [2.05, 4.69) is 17.2 Å². The summed E-state index contributed by atoms with van der Waals surface area (Å²) in [5, 5.41) is 3.01. The summed E-state index contributed by atoms with van der Waals surface area (Å²) >= 11 is 0. The zero-order chi connectivity index (χ0) is 14.0. The number of hydrogen-bond donors (Lipinski definition) is 2. The van der Waals surface area contributed by atoms with Gasteiger partial charge in [0.1, 0.15) is 0 Å². The Hall–Kier alpha value is -0.820. The fourth-order valence-corrected chi connectivity index (χ4v) is 2.15. The lowest BCUT2D eigenvalue weighted by Gasteiger charge is -2.14. The monoisotopic (exact) mass is 278 g/mol. The van der Waals surface area contributed by atoms with E-state index in [-0.39, 0.29) is 5.75 Å². The first-order valence-corrected chi connectivity index (χ1v) is 8.02. The highest BCUT2D eigenvalue weighted by molar-refractivity contribution is 7.89. The van der Waals surface area contributed by atoms with Crippen molar-refractivity contribution in [1.82, 2.24) is 9.62 Å². The second kappa shape index (κ2) is 9.16. The molecule has 0 fully saturated rings. The highest BCUT2D eigenvalue weighted by atomic mass is 32.2. The summed E-state index contributed by atoms with van der Waals surface area (Å²) in [6, 6.07) is 0. The molecule has 0 saturated heterocycles. The Kier molecular flexibility index (Phi) is 8.74. The topological polar surface area (TPSA) is 87.8 Å². The standard InChI is InChI=1S/C11H26N4O2S/c1-4-6-8-13-11(12)14-9-7-10-15(3)18(16,17)5-2/h4-10H2,1-3H3,(H3,12,13,14). The Morgan fingerprint density at radius 3 is 2.56 bits per heavy atom. The zero-order valence-electron chi connectivity index (χ0n) is 11.6. The van der Waals surface area contributed by atoms with Gasteiger partial charge in [-0.3, -0.25) is 4.99 Å². The van der Waals surface area contributed by atoms with Crippen LogP contribution >= 0.6 is 0 Å². The van der Waals surface area contributed by atoms with Gasteiger partial charge in [0.25, 0.3) is 0 Å². The third-order valence-electron chi connectivity index (χ3n) is 2.59. The molecule has 0 aliphatic heterocycles. The van der Waals surface area contributed by atoms with E-state index in [9.17, 15) is 8.42 Å². The Bertz CT molecular complexity index is 341. The average molecular weight is 278 g/mol. The third-order valence-corrected chi connectivity index (χ3v) is 4.45. The van der Waals surface area contributed by atoms with Gasteiger partial charge in [0, 0.05) is 26.7 Å². The molecule has 0 saturated carbocycles. The molecule has 0 aromatic rings. The van der Waals surface area contributed by atoms with Crippen molar-refractivity contribution in [3.05, 3.63) is 0 Å². The molecule has 0 amide bonds. The highest BCUT2D eigenvalue weighted by Gasteiger charge is 2.13. The van der Waals surface area contributed by atoms with Gasteiger partial charge in [0.15, 0.2) is 5.96 Å². The molecule has 108 valence electrons. The van der Waals surface area contributed by atoms with E-state index in [4.69, 9.17) is 5.73 Å². The number of unbranched alkanes of at least 4 members (excludes halogenated alkanes) is 1. The molecule has 0 atom stereocenters. The van der Waals surface area contributed by atoms with Crippen molar-refractivity contribution in [3.63, 3.8) is 0 Å². The van der Waals surface area contributed by atoms with Gasteiger partial charge in [0.2, 0.25) is 10.0 Å². The SMILES string of the molecule is CCCCNC(N)=NCCCN(C)S(=O)(=O)CC. The van der Waals surface area contributed by atoms with Crippen LogP contribution in [0.1, 0.15) is 33.1 Å². The molecule has 6 nitrogen and oxygen atoms in total. The minimum absolute atomic E-state index is 0.132. The van der Waals surface area contributed by atoms with Crippen molar-refractivity contribution >= 4 is 16.0 Å². The first kappa shape index (κ1) is 17.2. The number of hydrogen-bond acceptors (Lipinski definition) is 3. The third kappa shape index (κ3) is 7.50. The molecule has 0 aromatic heterocycles. The highest BCUT2D eigenvalue weighted by Crippen LogP contribution is 1.98. The molecule has 0 heterocycles. The van der Waals surface area contributed by atoms with E-state index in [0.717, 1.165) is 19.4 Å². The second-order valence-electron chi connectivity index (χ2n) is 4.12. The number of guanidine groups is 1. The van der Waals surface area contributed by atoms with Crippen molar-refractivity contribution in [2.75, 3.05) is 32.4 Å². The summed E-state index contributed by atoms with van der Waals surface area (Å²) in [5.41, 5.74) is 5.65. The summed E-state index contributed by atoms with van der Waals surface area (Å²) in [6.07, 6.45) is 2.85. The number of nitrogens with two attached hydrogens (primary N) is 1. The molecule has 0 aromatic carbocycles. The predicted molar refractivity (Wildman–Crippen MR) is 76.1 cm³/mol. The Morgan fingerprint density at radius 2 is 2.00 bits per heavy atom. The lowest BCUT2D eigenvalue weighted by molar-refractivity contribution is 0.465. The summed E-state index contributed by atoms with van der Waals surface area (Å²) in [6.45, 7) is 5.59.